The minimum atomic E-state index is -3.36. The number of nitrogens with zero attached hydrogens (tertiary/aromatic N) is 2. The topological polar surface area (TPSA) is 136 Å². The highest BCUT2D eigenvalue weighted by Crippen LogP contribution is 2.33. The first-order valence-corrected chi connectivity index (χ1v) is 12.4. The Balaban J connectivity index is 1.84. The van der Waals surface area contributed by atoms with Gasteiger partial charge in [-0.2, -0.15) is 5.10 Å². The maximum Gasteiger partial charge on any atom is 0.352 e. The molecular weight excluding hydrogens is 450 g/mol. The molecular formula is C22H27N3O7S. The highest BCUT2D eigenvalue weighted by molar-refractivity contribution is 7.90. The second-order valence-corrected chi connectivity index (χ2v) is 9.54. The van der Waals surface area contributed by atoms with Gasteiger partial charge in [-0.3, -0.25) is 5.43 Å². The van der Waals surface area contributed by atoms with Gasteiger partial charge in [0.2, 0.25) is 5.88 Å². The van der Waals surface area contributed by atoms with E-state index in [9.17, 15) is 18.3 Å². The van der Waals surface area contributed by atoms with E-state index < -0.39 is 15.8 Å². The number of aliphatic carboxylic acids is 1. The molecule has 33 heavy (non-hydrogen) atoms. The van der Waals surface area contributed by atoms with Crippen molar-refractivity contribution in [1.29, 1.82) is 0 Å². The van der Waals surface area contributed by atoms with Crippen molar-refractivity contribution in [2.75, 3.05) is 24.9 Å². The third-order valence-corrected chi connectivity index (χ3v) is 5.92. The van der Waals surface area contributed by atoms with Gasteiger partial charge in [-0.05, 0) is 24.6 Å². The fraction of sp³-hybridized carbons (Fsp3) is 0.409. The van der Waals surface area contributed by atoms with Crippen LogP contribution in [0.15, 0.2) is 46.5 Å². The Morgan fingerprint density at radius 3 is 2.64 bits per heavy atom. The van der Waals surface area contributed by atoms with Gasteiger partial charge in [0.25, 0.3) is 0 Å². The molecule has 1 fully saturated rings. The number of anilines is 1. The lowest BCUT2D eigenvalue weighted by molar-refractivity contribution is -0.129. The van der Waals surface area contributed by atoms with E-state index in [4.69, 9.17) is 14.2 Å². The molecule has 3 rings (SSSR count). The van der Waals surface area contributed by atoms with E-state index in [1.54, 1.807) is 18.2 Å². The number of ether oxygens (including phenoxy) is 3. The van der Waals surface area contributed by atoms with Gasteiger partial charge in [0.05, 0.1) is 23.8 Å². The van der Waals surface area contributed by atoms with Crippen LogP contribution in [0.5, 0.6) is 17.4 Å². The maximum absolute atomic E-state index is 11.6. The van der Waals surface area contributed by atoms with Crippen LogP contribution in [0, 0.1) is 0 Å². The smallest absolute Gasteiger partial charge is 0.352 e. The Hall–Kier alpha value is -3.18. The molecule has 2 N–H and O–H groups in total. The van der Waals surface area contributed by atoms with Gasteiger partial charge in [0.15, 0.2) is 9.84 Å². The summed E-state index contributed by atoms with van der Waals surface area (Å²) in [6.45, 7) is 3.07. The highest BCUT2D eigenvalue weighted by Gasteiger charge is 2.18. The number of carboxylic acids is 1. The van der Waals surface area contributed by atoms with Crippen molar-refractivity contribution in [2.24, 2.45) is 5.10 Å². The van der Waals surface area contributed by atoms with Crippen LogP contribution in [0.3, 0.4) is 0 Å². The summed E-state index contributed by atoms with van der Waals surface area (Å²) < 4.78 is 40.5. The predicted octanol–water partition coefficient (Wildman–Crippen LogP) is 3.49. The first-order chi connectivity index (χ1) is 15.8. The summed E-state index contributed by atoms with van der Waals surface area (Å²) in [6, 6.07) is 7.86. The average Bonchev–Trinajstić information content (AvgIpc) is 2.78. The molecule has 1 aromatic carbocycles. The van der Waals surface area contributed by atoms with Crippen LogP contribution >= 0.6 is 0 Å². The van der Waals surface area contributed by atoms with Gasteiger partial charge in [-0.1, -0.05) is 13.3 Å². The fourth-order valence-electron chi connectivity index (χ4n) is 3.07. The Kier molecular flexibility index (Phi) is 8.23. The molecule has 1 aliphatic rings. The van der Waals surface area contributed by atoms with Gasteiger partial charge in [-0.15, -0.1) is 0 Å². The van der Waals surface area contributed by atoms with Gasteiger partial charge in [0.1, 0.15) is 23.3 Å². The van der Waals surface area contributed by atoms with Crippen molar-refractivity contribution in [3.05, 3.63) is 36.5 Å². The first-order valence-electron chi connectivity index (χ1n) is 10.5. The Labute approximate surface area is 192 Å². The molecule has 0 saturated carbocycles. The largest absolute Gasteiger partial charge is 0.488 e. The van der Waals surface area contributed by atoms with Crippen molar-refractivity contribution in [1.82, 2.24) is 4.98 Å². The lowest BCUT2D eigenvalue weighted by Gasteiger charge is -2.24. The highest BCUT2D eigenvalue weighted by atomic mass is 32.2. The lowest BCUT2D eigenvalue weighted by atomic mass is 10.1. The van der Waals surface area contributed by atoms with Crippen molar-refractivity contribution >= 4 is 27.2 Å². The normalized spacial score (nSPS) is 15.2. The first kappa shape index (κ1) is 24.5. The van der Waals surface area contributed by atoms with Crippen molar-refractivity contribution in [2.45, 2.75) is 43.6 Å². The van der Waals surface area contributed by atoms with Crippen molar-refractivity contribution < 1.29 is 32.5 Å². The fourth-order valence-corrected chi connectivity index (χ4v) is 3.63. The number of hydrazone groups is 1. The molecule has 10 nitrogen and oxygen atoms in total. The number of aromatic nitrogens is 1. The minimum Gasteiger partial charge on any atom is -0.488 e. The third-order valence-electron chi connectivity index (χ3n) is 4.82. The SMILES string of the molecule is CCCC(=NNc1ccc(Oc2ccc(S(C)(=O)=O)cn2)cc1OC1CCOCC1)C(=O)O. The van der Waals surface area contributed by atoms with E-state index in [1.165, 1.54) is 18.3 Å². The van der Waals surface area contributed by atoms with Gasteiger partial charge in [0, 0.05) is 37.4 Å². The molecule has 0 amide bonds. The molecule has 1 saturated heterocycles. The zero-order valence-electron chi connectivity index (χ0n) is 18.5. The Morgan fingerprint density at radius 1 is 1.27 bits per heavy atom. The molecule has 2 heterocycles. The monoisotopic (exact) mass is 477 g/mol. The van der Waals surface area contributed by atoms with Crippen LogP contribution in [0.25, 0.3) is 0 Å². The minimum absolute atomic E-state index is 0.0185. The van der Waals surface area contributed by atoms with E-state index in [0.29, 0.717) is 43.2 Å². The van der Waals surface area contributed by atoms with Crippen LogP contribution < -0.4 is 14.9 Å². The van der Waals surface area contributed by atoms with E-state index in [2.05, 4.69) is 15.5 Å². The molecule has 0 atom stereocenters. The summed E-state index contributed by atoms with van der Waals surface area (Å²) in [7, 11) is -3.36. The third kappa shape index (κ3) is 7.16. The van der Waals surface area contributed by atoms with Crippen molar-refractivity contribution in [3.63, 3.8) is 0 Å². The summed E-state index contributed by atoms with van der Waals surface area (Å²) in [5, 5.41) is 13.3. The number of carboxylic acid groups (broad SMARTS) is 1. The van der Waals surface area contributed by atoms with E-state index >= 15 is 0 Å². The zero-order chi connectivity index (χ0) is 23.8. The van der Waals surface area contributed by atoms with Gasteiger partial charge < -0.3 is 19.3 Å². The average molecular weight is 478 g/mol. The molecule has 0 aliphatic carbocycles. The van der Waals surface area contributed by atoms with Crippen LogP contribution in [-0.4, -0.2) is 55.8 Å². The molecule has 11 heteroatoms. The van der Waals surface area contributed by atoms with Gasteiger partial charge >= 0.3 is 5.97 Å². The molecule has 0 spiro atoms. The van der Waals surface area contributed by atoms with E-state index in [-0.39, 0.29) is 22.6 Å². The number of hydrogen-bond acceptors (Lipinski definition) is 9. The number of benzene rings is 1. The second-order valence-electron chi connectivity index (χ2n) is 7.52. The molecule has 1 aliphatic heterocycles. The van der Waals surface area contributed by atoms with E-state index in [0.717, 1.165) is 19.1 Å². The zero-order valence-corrected chi connectivity index (χ0v) is 19.3. The van der Waals surface area contributed by atoms with Crippen molar-refractivity contribution in [3.8, 4) is 17.4 Å². The standard InChI is InChI=1S/C22H27N3O7S/c1-3-4-19(22(26)27)25-24-18-7-5-16(13-20(18)31-15-9-11-30-12-10-15)32-21-8-6-17(14-23-21)33(2,28)29/h5-8,13-15,24H,3-4,9-12H2,1-2H3,(H,26,27). The van der Waals surface area contributed by atoms with E-state index in [1.807, 2.05) is 6.92 Å². The number of carbonyl (C=O) groups is 1. The molecule has 0 radical (unpaired) electrons. The number of pyridine rings is 1. The Bertz CT molecular complexity index is 1100. The molecule has 0 bridgehead atoms. The summed E-state index contributed by atoms with van der Waals surface area (Å²) in [5.41, 5.74) is 3.31. The second kappa shape index (κ2) is 11.1. The summed E-state index contributed by atoms with van der Waals surface area (Å²) >= 11 is 0. The van der Waals surface area contributed by atoms with Crippen LogP contribution in [-0.2, 0) is 19.4 Å². The number of hydrogen-bond donors (Lipinski definition) is 2. The maximum atomic E-state index is 11.6. The van der Waals surface area contributed by atoms with Crippen LogP contribution in [0.4, 0.5) is 5.69 Å². The number of sulfone groups is 1. The van der Waals surface area contributed by atoms with Crippen LogP contribution in [0.2, 0.25) is 0 Å². The molecule has 1 aromatic heterocycles. The predicted molar refractivity (Wildman–Crippen MR) is 122 cm³/mol. The quantitative estimate of drug-likeness (QED) is 0.389. The number of rotatable bonds is 10. The summed E-state index contributed by atoms with van der Waals surface area (Å²) in [4.78, 5) is 15.5. The lowest BCUT2D eigenvalue weighted by Crippen LogP contribution is -2.26. The summed E-state index contributed by atoms with van der Waals surface area (Å²) in [5.74, 6) is -0.00979. The van der Waals surface area contributed by atoms with Crippen LogP contribution in [0.1, 0.15) is 32.6 Å². The Morgan fingerprint density at radius 2 is 2.03 bits per heavy atom. The number of nitrogens with one attached hydrogen (secondary N) is 1. The molecule has 178 valence electrons. The molecule has 0 unspecified atom stereocenters. The summed E-state index contributed by atoms with van der Waals surface area (Å²) in [6.07, 6.45) is 4.69. The molecule has 2 aromatic rings. The van der Waals surface area contributed by atoms with Gasteiger partial charge in [-0.25, -0.2) is 18.2 Å².